The van der Waals surface area contributed by atoms with Crippen LogP contribution in [0.5, 0.6) is 0 Å². The molecule has 0 saturated carbocycles. The van der Waals surface area contributed by atoms with E-state index in [4.69, 9.17) is 0 Å². The summed E-state index contributed by atoms with van der Waals surface area (Å²) in [6, 6.07) is 0. The lowest BCUT2D eigenvalue weighted by molar-refractivity contribution is -0.136. The summed E-state index contributed by atoms with van der Waals surface area (Å²) in [7, 11) is 0. The lowest BCUT2D eigenvalue weighted by Crippen LogP contribution is -2.30. The first-order chi connectivity index (χ1) is 10.1. The second kappa shape index (κ2) is 8.89. The van der Waals surface area contributed by atoms with Gasteiger partial charge in [0.15, 0.2) is 5.76 Å². The van der Waals surface area contributed by atoms with Crippen LogP contribution in [-0.2, 0) is 14.4 Å². The molecule has 0 bridgehead atoms. The molecule has 1 rings (SSSR count). The first-order valence-electron chi connectivity index (χ1n) is 7.19. The summed E-state index contributed by atoms with van der Waals surface area (Å²) in [5.74, 6) is -1.23. The van der Waals surface area contributed by atoms with Crippen molar-refractivity contribution >= 4 is 17.6 Å². The quantitative estimate of drug-likeness (QED) is 0.306. The molecule has 0 aromatic carbocycles. The van der Waals surface area contributed by atoms with Gasteiger partial charge in [0.1, 0.15) is 0 Å². The Kier molecular flexibility index (Phi) is 7.15. The fraction of sp³-hybridized carbons (Fsp3) is 0.438. The minimum atomic E-state index is -0.416. The molecule has 0 aromatic heterocycles. The highest BCUT2D eigenvalue weighted by molar-refractivity contribution is 6.12. The van der Waals surface area contributed by atoms with Gasteiger partial charge in [-0.1, -0.05) is 19.4 Å². The highest BCUT2D eigenvalue weighted by Gasteiger charge is 2.21. The van der Waals surface area contributed by atoms with Crippen LogP contribution in [0.3, 0.4) is 0 Å². The van der Waals surface area contributed by atoms with Gasteiger partial charge < -0.3 is 5.11 Å². The van der Waals surface area contributed by atoms with E-state index in [0.29, 0.717) is 25.8 Å². The Bertz CT molecular complexity index is 471. The normalized spacial score (nSPS) is 15.5. The number of allylic oxidation sites excluding steroid dienone is 3. The van der Waals surface area contributed by atoms with Crippen LogP contribution in [0, 0.1) is 0 Å². The van der Waals surface area contributed by atoms with Crippen molar-refractivity contribution in [3.8, 4) is 0 Å². The van der Waals surface area contributed by atoms with Crippen LogP contribution < -0.4 is 0 Å². The van der Waals surface area contributed by atoms with Gasteiger partial charge in [0.2, 0.25) is 5.78 Å². The molecule has 5 nitrogen and oxygen atoms in total. The Labute approximate surface area is 124 Å². The highest BCUT2D eigenvalue weighted by Crippen LogP contribution is 2.06. The number of carbonyl (C=O) groups is 3. The molecule has 1 heterocycles. The van der Waals surface area contributed by atoms with Crippen molar-refractivity contribution in [2.75, 3.05) is 6.54 Å². The molecular formula is C16H21NO4. The predicted molar refractivity (Wildman–Crippen MR) is 79.5 cm³/mol. The number of ketones is 1. The Morgan fingerprint density at radius 3 is 2.48 bits per heavy atom. The predicted octanol–water partition coefficient (Wildman–Crippen LogP) is 2.45. The van der Waals surface area contributed by atoms with E-state index in [0.717, 1.165) is 17.7 Å². The zero-order valence-corrected chi connectivity index (χ0v) is 12.2. The number of hydrogen-bond donors (Lipinski definition) is 1. The van der Waals surface area contributed by atoms with E-state index in [-0.39, 0.29) is 17.6 Å². The van der Waals surface area contributed by atoms with Crippen LogP contribution in [0.15, 0.2) is 36.1 Å². The smallest absolute Gasteiger partial charge is 0.253 e. The van der Waals surface area contributed by atoms with Crippen LogP contribution in [0.2, 0.25) is 0 Å². The molecule has 21 heavy (non-hydrogen) atoms. The molecule has 2 amide bonds. The summed E-state index contributed by atoms with van der Waals surface area (Å²) in [6.45, 7) is 2.37. The number of unbranched alkanes of at least 4 members (excludes halogenated alkanes) is 3. The second-order valence-corrected chi connectivity index (χ2v) is 4.80. The van der Waals surface area contributed by atoms with Crippen molar-refractivity contribution in [2.45, 2.75) is 39.0 Å². The third-order valence-corrected chi connectivity index (χ3v) is 3.07. The summed E-state index contributed by atoms with van der Waals surface area (Å²) in [5, 5.41) is 9.50. The Balaban J connectivity index is 2.25. The molecule has 0 atom stereocenters. The number of aliphatic hydroxyl groups is 1. The van der Waals surface area contributed by atoms with Crippen molar-refractivity contribution in [1.29, 1.82) is 0 Å². The number of nitrogens with zero attached hydrogens (tertiary/aromatic N) is 1. The zero-order valence-electron chi connectivity index (χ0n) is 12.2. The fourth-order valence-electron chi connectivity index (χ4n) is 1.84. The molecule has 0 fully saturated rings. The van der Waals surface area contributed by atoms with E-state index in [1.807, 2.05) is 6.92 Å². The van der Waals surface area contributed by atoms with Gasteiger partial charge in [0.05, 0.1) is 0 Å². The van der Waals surface area contributed by atoms with E-state index < -0.39 is 5.78 Å². The van der Waals surface area contributed by atoms with Crippen molar-refractivity contribution in [3.63, 3.8) is 0 Å². The van der Waals surface area contributed by atoms with Gasteiger partial charge in [-0.3, -0.25) is 19.3 Å². The second-order valence-electron chi connectivity index (χ2n) is 4.80. The van der Waals surface area contributed by atoms with Crippen LogP contribution in [0.25, 0.3) is 0 Å². The van der Waals surface area contributed by atoms with Crippen LogP contribution >= 0.6 is 0 Å². The van der Waals surface area contributed by atoms with E-state index in [9.17, 15) is 19.5 Å². The van der Waals surface area contributed by atoms with E-state index in [1.165, 1.54) is 24.3 Å². The minimum absolute atomic E-state index is 0.228. The summed E-state index contributed by atoms with van der Waals surface area (Å²) in [5.41, 5.74) is 0. The Morgan fingerprint density at radius 1 is 1.19 bits per heavy atom. The number of amides is 2. The van der Waals surface area contributed by atoms with Gasteiger partial charge in [-0.15, -0.1) is 0 Å². The van der Waals surface area contributed by atoms with Crippen molar-refractivity contribution < 1.29 is 19.5 Å². The molecule has 0 aliphatic carbocycles. The number of aliphatic hydroxyl groups excluding tert-OH is 1. The molecule has 0 aromatic rings. The standard InChI is InChI=1S/C16H21NO4/c1-2-3-5-8-13(18)14(19)9-6-4-7-12-17-15(20)10-11-16(17)21/h6,8-11,18H,2-5,7,12H2,1H3. The number of rotatable bonds is 9. The SMILES string of the molecule is CCCCC=C(O)C(=O)C=CCCCN1C(=O)C=CC1=O. The molecule has 0 unspecified atom stereocenters. The molecule has 0 spiro atoms. The number of hydrogen-bond acceptors (Lipinski definition) is 4. The summed E-state index contributed by atoms with van der Waals surface area (Å²) < 4.78 is 0. The molecule has 0 radical (unpaired) electrons. The third-order valence-electron chi connectivity index (χ3n) is 3.07. The zero-order chi connectivity index (χ0) is 15.7. The molecular weight excluding hydrogens is 270 g/mol. The third kappa shape index (κ3) is 5.77. The number of imide groups is 1. The molecule has 5 heteroatoms. The largest absolute Gasteiger partial charge is 0.504 e. The topological polar surface area (TPSA) is 74.7 Å². The lowest BCUT2D eigenvalue weighted by atomic mass is 10.2. The van der Waals surface area contributed by atoms with Crippen molar-refractivity contribution in [1.82, 2.24) is 4.90 Å². The maximum atomic E-state index is 11.5. The maximum absolute atomic E-state index is 11.5. The van der Waals surface area contributed by atoms with Gasteiger partial charge in [-0.05, 0) is 37.8 Å². The molecule has 0 saturated heterocycles. The maximum Gasteiger partial charge on any atom is 0.253 e. The minimum Gasteiger partial charge on any atom is -0.504 e. The summed E-state index contributed by atoms with van der Waals surface area (Å²) in [4.78, 5) is 35.2. The van der Waals surface area contributed by atoms with E-state index >= 15 is 0 Å². The fourth-order valence-corrected chi connectivity index (χ4v) is 1.84. The van der Waals surface area contributed by atoms with Crippen LogP contribution in [0.4, 0.5) is 0 Å². The van der Waals surface area contributed by atoms with Gasteiger partial charge in [0, 0.05) is 18.7 Å². The summed E-state index contributed by atoms with van der Waals surface area (Å²) in [6.07, 6.45) is 10.8. The highest BCUT2D eigenvalue weighted by atomic mass is 16.3. The van der Waals surface area contributed by atoms with Crippen molar-refractivity contribution in [2.24, 2.45) is 0 Å². The Hall–Kier alpha value is -2.17. The molecule has 1 aliphatic rings. The molecule has 1 aliphatic heterocycles. The first kappa shape index (κ1) is 16.9. The Morgan fingerprint density at radius 2 is 1.86 bits per heavy atom. The molecule has 114 valence electrons. The summed E-state index contributed by atoms with van der Waals surface area (Å²) >= 11 is 0. The van der Waals surface area contributed by atoms with Gasteiger partial charge in [0.25, 0.3) is 11.8 Å². The van der Waals surface area contributed by atoms with Crippen molar-refractivity contribution in [3.05, 3.63) is 36.1 Å². The lowest BCUT2D eigenvalue weighted by Gasteiger charge is -2.12. The molecule has 1 N–H and O–H groups in total. The monoisotopic (exact) mass is 291 g/mol. The van der Waals surface area contributed by atoms with E-state index in [1.54, 1.807) is 6.08 Å². The van der Waals surface area contributed by atoms with E-state index in [2.05, 4.69) is 0 Å². The van der Waals surface area contributed by atoms with Crippen LogP contribution in [-0.4, -0.2) is 34.1 Å². The average Bonchev–Trinajstić information content (AvgIpc) is 2.78. The van der Waals surface area contributed by atoms with Gasteiger partial charge in [-0.2, -0.15) is 0 Å². The van der Waals surface area contributed by atoms with Crippen LogP contribution in [0.1, 0.15) is 39.0 Å². The van der Waals surface area contributed by atoms with Gasteiger partial charge in [-0.25, -0.2) is 0 Å². The van der Waals surface area contributed by atoms with Gasteiger partial charge >= 0.3 is 0 Å². The number of carbonyl (C=O) groups excluding carboxylic acids is 3. The first-order valence-corrected chi connectivity index (χ1v) is 7.19. The average molecular weight is 291 g/mol.